The number of ketones is 1. The van der Waals surface area contributed by atoms with Crippen LogP contribution in [0.25, 0.3) is 0 Å². The second-order valence-electron chi connectivity index (χ2n) is 11.4. The van der Waals surface area contributed by atoms with Crippen LogP contribution >= 0.6 is 0 Å². The summed E-state index contributed by atoms with van der Waals surface area (Å²) in [4.78, 5) is 37.8. The third-order valence-corrected chi connectivity index (χ3v) is 9.20. The summed E-state index contributed by atoms with van der Waals surface area (Å²) in [5.74, 6) is -2.19. The number of aliphatic hydroxyl groups excluding tert-OH is 1. The van der Waals surface area contributed by atoms with Gasteiger partial charge in [-0.1, -0.05) is 46.4 Å². The van der Waals surface area contributed by atoms with E-state index in [-0.39, 0.29) is 18.1 Å². The Morgan fingerprint density at radius 1 is 1.25 bits per heavy atom. The van der Waals surface area contributed by atoms with Crippen molar-refractivity contribution in [2.24, 2.45) is 28.1 Å². The molecule has 7 nitrogen and oxygen atoms in total. The number of rotatable bonds is 5. The molecular formula is C29H36O7. The number of hydrogen-bond acceptors (Lipinski definition) is 7. The van der Waals surface area contributed by atoms with Gasteiger partial charge in [0, 0.05) is 35.0 Å². The maximum atomic E-state index is 13.0. The van der Waals surface area contributed by atoms with E-state index < -0.39 is 52.2 Å². The van der Waals surface area contributed by atoms with Crippen LogP contribution in [-0.4, -0.2) is 42.1 Å². The molecule has 1 N–H and O–H groups in total. The van der Waals surface area contributed by atoms with Crippen LogP contribution in [0.1, 0.15) is 58.9 Å². The Kier molecular flexibility index (Phi) is 6.44. The molecule has 1 aromatic rings. The van der Waals surface area contributed by atoms with E-state index in [1.54, 1.807) is 24.7 Å². The van der Waals surface area contributed by atoms with E-state index in [4.69, 9.17) is 13.9 Å². The maximum absolute atomic E-state index is 13.0. The number of hydrogen-bond donors (Lipinski definition) is 1. The molecule has 4 rings (SSSR count). The average molecular weight is 497 g/mol. The highest BCUT2D eigenvalue weighted by Gasteiger charge is 2.64. The fourth-order valence-electron chi connectivity index (χ4n) is 7.21. The third kappa shape index (κ3) is 3.71. The van der Waals surface area contributed by atoms with Gasteiger partial charge in [0.2, 0.25) is 0 Å². The van der Waals surface area contributed by atoms with Gasteiger partial charge in [0.15, 0.2) is 5.78 Å². The zero-order valence-electron chi connectivity index (χ0n) is 21.9. The SMILES string of the molecule is C=C1C2=CCC(c3ccoc3)C2(C)C(O)C(OC(C)=O)C1C1(C)C=CC(=O)C(C)(C)C1CC(=O)OC. The van der Waals surface area contributed by atoms with Crippen molar-refractivity contribution in [3.63, 3.8) is 0 Å². The van der Waals surface area contributed by atoms with Gasteiger partial charge in [-0.15, -0.1) is 0 Å². The Hall–Kier alpha value is -2.93. The molecule has 0 aliphatic heterocycles. The van der Waals surface area contributed by atoms with Gasteiger partial charge in [-0.3, -0.25) is 14.4 Å². The van der Waals surface area contributed by atoms with Crippen LogP contribution in [0.3, 0.4) is 0 Å². The molecule has 194 valence electrons. The van der Waals surface area contributed by atoms with E-state index in [0.29, 0.717) is 6.42 Å². The van der Waals surface area contributed by atoms with E-state index in [1.165, 1.54) is 14.0 Å². The Morgan fingerprint density at radius 3 is 2.53 bits per heavy atom. The predicted molar refractivity (Wildman–Crippen MR) is 133 cm³/mol. The predicted octanol–water partition coefficient (Wildman–Crippen LogP) is 4.53. The molecule has 1 fully saturated rings. The first-order valence-electron chi connectivity index (χ1n) is 12.4. The Bertz CT molecular complexity index is 1140. The molecule has 1 saturated carbocycles. The number of methoxy groups -OCH3 is 1. The van der Waals surface area contributed by atoms with Crippen molar-refractivity contribution in [2.75, 3.05) is 7.11 Å². The van der Waals surface area contributed by atoms with E-state index in [9.17, 15) is 19.5 Å². The molecule has 0 aromatic carbocycles. The molecule has 1 aromatic heterocycles. The van der Waals surface area contributed by atoms with Gasteiger partial charge in [0.25, 0.3) is 0 Å². The monoisotopic (exact) mass is 496 g/mol. The molecule has 7 heteroatoms. The van der Waals surface area contributed by atoms with Gasteiger partial charge >= 0.3 is 11.9 Å². The summed E-state index contributed by atoms with van der Waals surface area (Å²) < 4.78 is 16.2. The molecular weight excluding hydrogens is 460 g/mol. The molecule has 36 heavy (non-hydrogen) atoms. The Labute approximate surface area is 212 Å². The minimum absolute atomic E-state index is 0.00327. The molecule has 7 atom stereocenters. The number of furan rings is 1. The number of fused-ring (bicyclic) bond motifs is 1. The van der Waals surface area contributed by atoms with Crippen LogP contribution in [-0.2, 0) is 23.9 Å². The fraction of sp³-hybridized carbons (Fsp3) is 0.552. The highest BCUT2D eigenvalue weighted by molar-refractivity contribution is 5.96. The Balaban J connectivity index is 1.87. The summed E-state index contributed by atoms with van der Waals surface area (Å²) in [7, 11) is 1.32. The lowest BCUT2D eigenvalue weighted by atomic mass is 9.47. The smallest absolute Gasteiger partial charge is 0.305 e. The summed E-state index contributed by atoms with van der Waals surface area (Å²) in [5, 5.41) is 12.0. The van der Waals surface area contributed by atoms with Crippen molar-refractivity contribution in [1.29, 1.82) is 0 Å². The van der Waals surface area contributed by atoms with Gasteiger partial charge in [-0.05, 0) is 41.2 Å². The number of allylic oxidation sites excluding steroid dienone is 3. The van der Waals surface area contributed by atoms with Crippen molar-refractivity contribution >= 4 is 17.7 Å². The van der Waals surface area contributed by atoms with Crippen molar-refractivity contribution < 1.29 is 33.4 Å². The zero-order valence-corrected chi connectivity index (χ0v) is 21.9. The summed E-state index contributed by atoms with van der Waals surface area (Å²) in [6.45, 7) is 13.4. The first-order chi connectivity index (χ1) is 16.8. The highest BCUT2D eigenvalue weighted by atomic mass is 16.6. The standard InChI is InChI=1S/C29H36O7/c1-16-19-8-9-20(18-11-13-35-15-18)29(19,6)26(33)25(36-17(2)30)24(16)28(5)12-10-22(31)27(3,4)21(28)14-23(32)34-7/h8,10-13,15,20-21,24-26,33H,1,9,14H2,2-7H3. The van der Waals surface area contributed by atoms with Crippen LogP contribution in [0.2, 0.25) is 0 Å². The van der Waals surface area contributed by atoms with Gasteiger partial charge < -0.3 is 19.0 Å². The van der Waals surface area contributed by atoms with Gasteiger partial charge in [-0.2, -0.15) is 0 Å². The molecule has 3 aliphatic rings. The quantitative estimate of drug-likeness (QED) is 0.598. The molecule has 0 saturated heterocycles. The second kappa shape index (κ2) is 8.87. The molecule has 7 unspecified atom stereocenters. The largest absolute Gasteiger partial charge is 0.472 e. The molecule has 0 bridgehead atoms. The van der Waals surface area contributed by atoms with Crippen molar-refractivity contribution in [2.45, 2.75) is 65.6 Å². The summed E-state index contributed by atoms with van der Waals surface area (Å²) >= 11 is 0. The second-order valence-corrected chi connectivity index (χ2v) is 11.4. The number of carbonyl (C=O) groups excluding carboxylic acids is 3. The first kappa shape index (κ1) is 26.1. The number of ether oxygens (including phenoxy) is 2. The van der Waals surface area contributed by atoms with E-state index in [1.807, 2.05) is 33.8 Å². The van der Waals surface area contributed by atoms with Crippen molar-refractivity contribution in [3.8, 4) is 0 Å². The van der Waals surface area contributed by atoms with Crippen LogP contribution < -0.4 is 0 Å². The Morgan fingerprint density at radius 2 is 1.94 bits per heavy atom. The van der Waals surface area contributed by atoms with Crippen LogP contribution in [0, 0.1) is 28.1 Å². The molecule has 0 amide bonds. The van der Waals surface area contributed by atoms with E-state index in [2.05, 4.69) is 12.7 Å². The summed E-state index contributed by atoms with van der Waals surface area (Å²) in [5.41, 5.74) is 0.0980. The maximum Gasteiger partial charge on any atom is 0.305 e. The zero-order chi connectivity index (χ0) is 26.6. The normalized spacial score (nSPS) is 37.3. The summed E-state index contributed by atoms with van der Waals surface area (Å²) in [6, 6.07) is 1.89. The van der Waals surface area contributed by atoms with Gasteiger partial charge in [0.1, 0.15) is 12.2 Å². The minimum atomic E-state index is -1.06. The third-order valence-electron chi connectivity index (χ3n) is 9.20. The lowest BCUT2D eigenvalue weighted by Crippen LogP contribution is -2.60. The lowest BCUT2D eigenvalue weighted by Gasteiger charge is -2.57. The van der Waals surface area contributed by atoms with E-state index in [0.717, 1.165) is 16.7 Å². The van der Waals surface area contributed by atoms with Crippen LogP contribution in [0.4, 0.5) is 0 Å². The van der Waals surface area contributed by atoms with Crippen molar-refractivity contribution in [1.82, 2.24) is 0 Å². The average Bonchev–Trinajstić information content (AvgIpc) is 3.46. The first-order valence-corrected chi connectivity index (χ1v) is 12.4. The van der Waals surface area contributed by atoms with Gasteiger partial charge in [0.05, 0.1) is 26.1 Å². The van der Waals surface area contributed by atoms with Crippen LogP contribution in [0.5, 0.6) is 0 Å². The molecule has 0 spiro atoms. The number of aliphatic hydroxyl groups is 1. The summed E-state index contributed by atoms with van der Waals surface area (Å²) in [6.07, 6.45) is 7.40. The number of esters is 2. The fourth-order valence-corrected chi connectivity index (χ4v) is 7.21. The molecule has 1 heterocycles. The lowest BCUT2D eigenvalue weighted by molar-refractivity contribution is -0.175. The number of carbonyl (C=O) groups is 3. The molecule has 0 radical (unpaired) electrons. The highest BCUT2D eigenvalue weighted by Crippen LogP contribution is 2.64. The van der Waals surface area contributed by atoms with Crippen molar-refractivity contribution in [3.05, 3.63) is 60.1 Å². The topological polar surface area (TPSA) is 103 Å². The van der Waals surface area contributed by atoms with Crippen LogP contribution in [0.15, 0.2) is 59.0 Å². The minimum Gasteiger partial charge on any atom is -0.472 e. The molecule has 3 aliphatic carbocycles. The van der Waals surface area contributed by atoms with Gasteiger partial charge in [-0.25, -0.2) is 0 Å². The van der Waals surface area contributed by atoms with E-state index >= 15 is 0 Å².